The molecule has 0 spiro atoms. The number of rotatable bonds is 5. The maximum Gasteiger partial charge on any atom is 0.261 e. The molecule has 1 aliphatic rings. The van der Waals surface area contributed by atoms with E-state index in [1.807, 2.05) is 24.3 Å². The SMILES string of the molecule is Cc1ccc(Cl)c2sc(N3CCN(CCNC(=O)c4ccc(Br)s4)CC3)nc12. The molecule has 1 fully saturated rings. The summed E-state index contributed by atoms with van der Waals surface area (Å²) in [5.41, 5.74) is 2.17. The number of carbonyl (C=O) groups is 1. The second-order valence-electron chi connectivity index (χ2n) is 6.73. The van der Waals surface area contributed by atoms with Crippen molar-refractivity contribution in [3.8, 4) is 0 Å². The average molecular weight is 500 g/mol. The number of piperazine rings is 1. The molecule has 1 aromatic carbocycles. The molecule has 0 radical (unpaired) electrons. The first-order valence-electron chi connectivity index (χ1n) is 9.08. The van der Waals surface area contributed by atoms with Crippen LogP contribution >= 0.6 is 50.2 Å². The number of nitrogens with one attached hydrogen (secondary N) is 1. The fourth-order valence-corrected chi connectivity index (χ4v) is 5.91. The van der Waals surface area contributed by atoms with Crippen LogP contribution in [-0.2, 0) is 0 Å². The summed E-state index contributed by atoms with van der Waals surface area (Å²) in [4.78, 5) is 22.4. The largest absolute Gasteiger partial charge is 0.350 e. The highest BCUT2D eigenvalue weighted by molar-refractivity contribution is 9.11. The Balaban J connectivity index is 1.28. The van der Waals surface area contributed by atoms with Gasteiger partial charge >= 0.3 is 0 Å². The van der Waals surface area contributed by atoms with Gasteiger partial charge in [0.2, 0.25) is 0 Å². The number of hydrogen-bond acceptors (Lipinski definition) is 6. The van der Waals surface area contributed by atoms with Gasteiger partial charge in [-0.05, 0) is 46.6 Å². The van der Waals surface area contributed by atoms with Crippen molar-refractivity contribution in [3.63, 3.8) is 0 Å². The molecule has 3 aromatic rings. The third kappa shape index (κ3) is 4.36. The Morgan fingerprint density at radius 2 is 2.00 bits per heavy atom. The Kier molecular flexibility index (Phi) is 6.22. The second-order valence-corrected chi connectivity index (χ2v) is 10.6. The minimum absolute atomic E-state index is 0.00365. The number of amides is 1. The summed E-state index contributed by atoms with van der Waals surface area (Å²) in [5.74, 6) is -0.00365. The van der Waals surface area contributed by atoms with Crippen LogP contribution in [0, 0.1) is 6.92 Å². The van der Waals surface area contributed by atoms with E-state index in [9.17, 15) is 4.79 Å². The Morgan fingerprint density at radius 1 is 1.21 bits per heavy atom. The van der Waals surface area contributed by atoms with Gasteiger partial charge in [-0.2, -0.15) is 0 Å². The van der Waals surface area contributed by atoms with E-state index in [1.54, 1.807) is 11.3 Å². The van der Waals surface area contributed by atoms with Gasteiger partial charge in [0.25, 0.3) is 5.91 Å². The first-order chi connectivity index (χ1) is 13.5. The summed E-state index contributed by atoms with van der Waals surface area (Å²) in [6, 6.07) is 7.71. The number of anilines is 1. The number of fused-ring (bicyclic) bond motifs is 1. The molecule has 0 bridgehead atoms. The number of halogens is 2. The van der Waals surface area contributed by atoms with Crippen molar-refractivity contribution in [1.29, 1.82) is 0 Å². The van der Waals surface area contributed by atoms with Crippen molar-refractivity contribution < 1.29 is 4.79 Å². The number of thiophene rings is 1. The number of aromatic nitrogens is 1. The van der Waals surface area contributed by atoms with Crippen LogP contribution < -0.4 is 10.2 Å². The minimum atomic E-state index is -0.00365. The van der Waals surface area contributed by atoms with E-state index < -0.39 is 0 Å². The Labute approximate surface area is 185 Å². The van der Waals surface area contributed by atoms with Crippen molar-refractivity contribution in [2.45, 2.75) is 6.92 Å². The van der Waals surface area contributed by atoms with Crippen LogP contribution in [0.25, 0.3) is 10.2 Å². The zero-order valence-corrected chi connectivity index (χ0v) is 19.3. The summed E-state index contributed by atoms with van der Waals surface area (Å²) in [6.07, 6.45) is 0. The summed E-state index contributed by atoms with van der Waals surface area (Å²) in [5, 5.41) is 4.82. The molecular formula is C19H20BrClN4OS2. The summed E-state index contributed by atoms with van der Waals surface area (Å²) in [6.45, 7) is 7.38. The molecule has 1 N–H and O–H groups in total. The van der Waals surface area contributed by atoms with Gasteiger partial charge in [0.15, 0.2) is 5.13 Å². The maximum absolute atomic E-state index is 12.1. The fraction of sp³-hybridized carbons (Fsp3) is 0.368. The van der Waals surface area contributed by atoms with Crippen LogP contribution in [0.3, 0.4) is 0 Å². The van der Waals surface area contributed by atoms with Gasteiger partial charge < -0.3 is 10.2 Å². The van der Waals surface area contributed by atoms with Crippen LogP contribution in [0.1, 0.15) is 15.2 Å². The van der Waals surface area contributed by atoms with Crippen LogP contribution in [0.2, 0.25) is 5.02 Å². The standard InChI is InChI=1S/C19H20BrClN4OS2/c1-12-2-3-13(21)17-16(12)23-19(28-17)25-10-8-24(9-11-25)7-6-22-18(26)14-4-5-15(20)27-14/h2-5H,6-11H2,1H3,(H,22,26). The molecule has 1 saturated heterocycles. The van der Waals surface area contributed by atoms with Crippen molar-refractivity contribution in [1.82, 2.24) is 15.2 Å². The normalized spacial score (nSPS) is 15.3. The van der Waals surface area contributed by atoms with Gasteiger partial charge in [-0.3, -0.25) is 9.69 Å². The highest BCUT2D eigenvalue weighted by Gasteiger charge is 2.21. The molecule has 0 atom stereocenters. The highest BCUT2D eigenvalue weighted by Crippen LogP contribution is 2.35. The highest BCUT2D eigenvalue weighted by atomic mass is 79.9. The van der Waals surface area contributed by atoms with Crippen LogP contribution in [0.5, 0.6) is 0 Å². The Morgan fingerprint density at radius 3 is 2.68 bits per heavy atom. The zero-order valence-electron chi connectivity index (χ0n) is 15.4. The molecule has 0 unspecified atom stereocenters. The summed E-state index contributed by atoms with van der Waals surface area (Å²) < 4.78 is 2.04. The average Bonchev–Trinajstić information content (AvgIpc) is 3.33. The molecule has 0 aliphatic carbocycles. The Hall–Kier alpha value is -1.19. The van der Waals surface area contributed by atoms with Crippen LogP contribution in [0.15, 0.2) is 28.1 Å². The van der Waals surface area contributed by atoms with Gasteiger partial charge in [0.05, 0.1) is 23.9 Å². The molecule has 0 saturated carbocycles. The van der Waals surface area contributed by atoms with Crippen molar-refractivity contribution >= 4 is 71.5 Å². The van der Waals surface area contributed by atoms with Gasteiger partial charge in [-0.1, -0.05) is 29.0 Å². The Bertz CT molecular complexity index is 958. The van der Waals surface area contributed by atoms with Crippen LogP contribution in [-0.4, -0.2) is 55.1 Å². The summed E-state index contributed by atoms with van der Waals surface area (Å²) >= 11 is 12.9. The van der Waals surface area contributed by atoms with Crippen molar-refractivity contribution in [2.75, 3.05) is 44.2 Å². The zero-order chi connectivity index (χ0) is 19.7. The predicted octanol–water partition coefficient (Wildman–Crippen LogP) is 4.63. The molecule has 1 aliphatic heterocycles. The molecule has 4 rings (SSSR count). The first kappa shape index (κ1) is 20.1. The van der Waals surface area contributed by atoms with E-state index in [4.69, 9.17) is 16.6 Å². The summed E-state index contributed by atoms with van der Waals surface area (Å²) in [7, 11) is 0. The molecule has 3 heterocycles. The number of aryl methyl sites for hydroxylation is 1. The lowest BCUT2D eigenvalue weighted by atomic mass is 10.2. The molecule has 148 valence electrons. The smallest absolute Gasteiger partial charge is 0.261 e. The number of hydrogen-bond donors (Lipinski definition) is 1. The van der Waals surface area contributed by atoms with Crippen molar-refractivity contribution in [3.05, 3.63) is 43.5 Å². The van der Waals surface area contributed by atoms with Gasteiger partial charge in [-0.25, -0.2) is 4.98 Å². The lowest BCUT2D eigenvalue weighted by molar-refractivity contribution is 0.0952. The maximum atomic E-state index is 12.1. The molecule has 9 heteroatoms. The molecule has 1 amide bonds. The minimum Gasteiger partial charge on any atom is -0.350 e. The van der Waals surface area contributed by atoms with E-state index in [2.05, 4.69) is 38.0 Å². The molecule has 28 heavy (non-hydrogen) atoms. The van der Waals surface area contributed by atoms with E-state index in [-0.39, 0.29) is 5.91 Å². The van der Waals surface area contributed by atoms with E-state index in [1.165, 1.54) is 11.3 Å². The monoisotopic (exact) mass is 498 g/mol. The van der Waals surface area contributed by atoms with E-state index >= 15 is 0 Å². The number of carbonyl (C=O) groups excluding carboxylic acids is 1. The number of nitrogens with zero attached hydrogens (tertiary/aromatic N) is 3. The first-order valence-corrected chi connectivity index (χ1v) is 11.9. The quantitative estimate of drug-likeness (QED) is 0.556. The van der Waals surface area contributed by atoms with Gasteiger partial charge in [-0.15, -0.1) is 11.3 Å². The third-order valence-corrected chi connectivity index (χ3v) is 8.04. The number of thiazole rings is 1. The van der Waals surface area contributed by atoms with Gasteiger partial charge in [0.1, 0.15) is 0 Å². The van der Waals surface area contributed by atoms with E-state index in [0.717, 1.165) is 67.3 Å². The second kappa shape index (κ2) is 8.67. The van der Waals surface area contributed by atoms with Crippen LogP contribution in [0.4, 0.5) is 5.13 Å². The molecular weight excluding hydrogens is 480 g/mol. The third-order valence-electron chi connectivity index (χ3n) is 4.84. The van der Waals surface area contributed by atoms with Gasteiger partial charge in [0, 0.05) is 39.3 Å². The topological polar surface area (TPSA) is 48.5 Å². The molecule has 2 aromatic heterocycles. The van der Waals surface area contributed by atoms with E-state index in [0.29, 0.717) is 6.54 Å². The predicted molar refractivity (Wildman–Crippen MR) is 122 cm³/mol. The van der Waals surface area contributed by atoms with Crippen molar-refractivity contribution in [2.24, 2.45) is 0 Å². The number of benzene rings is 1. The lowest BCUT2D eigenvalue weighted by Crippen LogP contribution is -2.48. The molecule has 5 nitrogen and oxygen atoms in total. The lowest BCUT2D eigenvalue weighted by Gasteiger charge is -2.34. The fourth-order valence-electron chi connectivity index (χ4n) is 3.24.